The van der Waals surface area contributed by atoms with Gasteiger partial charge in [-0.1, -0.05) is 91.0 Å². The third-order valence-electron chi connectivity index (χ3n) is 5.97. The molecule has 0 heterocycles. The first-order valence-electron chi connectivity index (χ1n) is 11.9. The van der Waals surface area contributed by atoms with Crippen LogP contribution in [0.5, 0.6) is 0 Å². The Hall–Kier alpha value is -3.36. The molecule has 1 N–H and O–H groups in total. The van der Waals surface area contributed by atoms with Gasteiger partial charge in [-0.25, -0.2) is 0 Å². The average molecular weight is 491 g/mol. The number of carbonyl (C=O) groups excluding carboxylic acids is 2. The van der Waals surface area contributed by atoms with Gasteiger partial charge in [0.05, 0.1) is 19.8 Å². The highest BCUT2D eigenvalue weighted by Gasteiger charge is 2.53. The van der Waals surface area contributed by atoms with E-state index in [1.54, 1.807) is 0 Å². The minimum Gasteiger partial charge on any atom is -0.456 e. The van der Waals surface area contributed by atoms with E-state index in [0.717, 1.165) is 16.7 Å². The molecule has 1 aliphatic carbocycles. The normalized spacial score (nSPS) is 23.8. The summed E-state index contributed by atoms with van der Waals surface area (Å²) in [5.74, 6) is -1.25. The first-order chi connectivity index (χ1) is 17.5. The second kappa shape index (κ2) is 12.6. The van der Waals surface area contributed by atoms with Gasteiger partial charge in [0.25, 0.3) is 0 Å². The van der Waals surface area contributed by atoms with Gasteiger partial charge in [0.15, 0.2) is 18.0 Å². The van der Waals surface area contributed by atoms with Crippen molar-refractivity contribution in [1.82, 2.24) is 0 Å². The average Bonchev–Trinajstić information content (AvgIpc) is 2.91. The van der Waals surface area contributed by atoms with Crippen LogP contribution in [0.4, 0.5) is 0 Å². The van der Waals surface area contributed by atoms with Gasteiger partial charge < -0.3 is 24.1 Å². The first kappa shape index (κ1) is 25.7. The standard InChI is InChI=1S/C29H30O7/c1-20(30)36-27-25(32)24(31)26(33-17-21-11-5-2-6-12-21)28(34-18-22-13-7-3-8-14-22)29(27)35-19-23-15-9-4-10-16-23/h2-16,25-29,32H,17-19H2,1H3/t25-,26+,27+,28-,29-/m0/s1. The molecule has 0 amide bonds. The second-order valence-electron chi connectivity index (χ2n) is 8.66. The molecule has 0 radical (unpaired) electrons. The number of hydrogen-bond acceptors (Lipinski definition) is 7. The number of esters is 1. The molecule has 36 heavy (non-hydrogen) atoms. The molecule has 0 bridgehead atoms. The molecule has 7 heteroatoms. The van der Waals surface area contributed by atoms with E-state index in [2.05, 4.69) is 0 Å². The lowest BCUT2D eigenvalue weighted by molar-refractivity contribution is -0.227. The van der Waals surface area contributed by atoms with Crippen molar-refractivity contribution >= 4 is 11.8 Å². The number of Topliss-reactive ketones (excluding diaryl/α,β-unsaturated/α-hetero) is 1. The molecule has 0 saturated heterocycles. The van der Waals surface area contributed by atoms with Gasteiger partial charge in [-0.15, -0.1) is 0 Å². The van der Waals surface area contributed by atoms with Crippen LogP contribution in [0.3, 0.4) is 0 Å². The van der Waals surface area contributed by atoms with Gasteiger partial charge in [0.2, 0.25) is 0 Å². The largest absolute Gasteiger partial charge is 0.456 e. The highest BCUT2D eigenvalue weighted by Crippen LogP contribution is 2.30. The number of rotatable bonds is 10. The molecular formula is C29H30O7. The minimum absolute atomic E-state index is 0.138. The number of ether oxygens (including phenoxy) is 4. The molecule has 5 atom stereocenters. The van der Waals surface area contributed by atoms with E-state index in [-0.39, 0.29) is 19.8 Å². The Morgan fingerprint density at radius 2 is 1.08 bits per heavy atom. The van der Waals surface area contributed by atoms with E-state index in [0.29, 0.717) is 0 Å². The molecule has 0 spiro atoms. The number of ketones is 1. The van der Waals surface area contributed by atoms with Crippen molar-refractivity contribution in [2.75, 3.05) is 0 Å². The molecule has 4 rings (SSSR count). The van der Waals surface area contributed by atoms with Crippen LogP contribution < -0.4 is 0 Å². The summed E-state index contributed by atoms with van der Waals surface area (Å²) in [4.78, 5) is 25.2. The summed E-state index contributed by atoms with van der Waals surface area (Å²) in [6, 6.07) is 28.4. The fourth-order valence-corrected chi connectivity index (χ4v) is 4.20. The summed E-state index contributed by atoms with van der Waals surface area (Å²) < 4.78 is 23.8. The number of benzene rings is 3. The van der Waals surface area contributed by atoms with Crippen LogP contribution in [0.1, 0.15) is 23.6 Å². The van der Waals surface area contributed by atoms with Crippen LogP contribution in [0, 0.1) is 0 Å². The first-order valence-corrected chi connectivity index (χ1v) is 11.9. The molecule has 7 nitrogen and oxygen atoms in total. The van der Waals surface area contributed by atoms with Crippen molar-refractivity contribution in [2.45, 2.75) is 57.3 Å². The summed E-state index contributed by atoms with van der Waals surface area (Å²) in [5, 5.41) is 10.9. The summed E-state index contributed by atoms with van der Waals surface area (Å²) in [6.07, 6.45) is -5.87. The van der Waals surface area contributed by atoms with Gasteiger partial charge in [-0.3, -0.25) is 9.59 Å². The van der Waals surface area contributed by atoms with Crippen molar-refractivity contribution in [3.63, 3.8) is 0 Å². The van der Waals surface area contributed by atoms with Gasteiger partial charge >= 0.3 is 5.97 Å². The zero-order valence-corrected chi connectivity index (χ0v) is 20.1. The summed E-state index contributed by atoms with van der Waals surface area (Å²) in [6.45, 7) is 1.71. The predicted octanol–water partition coefficient (Wildman–Crippen LogP) is 3.62. The molecule has 1 fully saturated rings. The lowest BCUT2D eigenvalue weighted by Gasteiger charge is -2.42. The maximum absolute atomic E-state index is 13.3. The van der Waals surface area contributed by atoms with Crippen LogP contribution in [0.2, 0.25) is 0 Å². The van der Waals surface area contributed by atoms with Crippen molar-refractivity contribution in [3.05, 3.63) is 108 Å². The van der Waals surface area contributed by atoms with Gasteiger partial charge in [0.1, 0.15) is 18.3 Å². The molecule has 3 aromatic rings. The summed E-state index contributed by atoms with van der Waals surface area (Å²) >= 11 is 0. The van der Waals surface area contributed by atoms with E-state index in [9.17, 15) is 14.7 Å². The highest BCUT2D eigenvalue weighted by molar-refractivity contribution is 5.90. The number of aliphatic hydroxyl groups excluding tert-OH is 1. The Bertz CT molecular complexity index is 1100. The van der Waals surface area contributed by atoms with Crippen LogP contribution >= 0.6 is 0 Å². The molecule has 0 aromatic heterocycles. The molecule has 0 unspecified atom stereocenters. The smallest absolute Gasteiger partial charge is 0.303 e. The van der Waals surface area contributed by atoms with Crippen LogP contribution in [-0.4, -0.2) is 47.4 Å². The van der Waals surface area contributed by atoms with Crippen molar-refractivity contribution in [2.24, 2.45) is 0 Å². The van der Waals surface area contributed by atoms with Crippen molar-refractivity contribution in [3.8, 4) is 0 Å². The Morgan fingerprint density at radius 3 is 1.53 bits per heavy atom. The molecular weight excluding hydrogens is 460 g/mol. The third-order valence-corrected chi connectivity index (χ3v) is 5.97. The van der Waals surface area contributed by atoms with E-state index in [1.807, 2.05) is 91.0 Å². The maximum atomic E-state index is 13.3. The van der Waals surface area contributed by atoms with Crippen molar-refractivity contribution < 1.29 is 33.6 Å². The fraction of sp³-hybridized carbons (Fsp3) is 0.310. The monoisotopic (exact) mass is 490 g/mol. The Morgan fingerprint density at radius 1 is 0.667 bits per heavy atom. The zero-order valence-electron chi connectivity index (χ0n) is 20.1. The van der Waals surface area contributed by atoms with Crippen LogP contribution in [0.25, 0.3) is 0 Å². The lowest BCUT2D eigenvalue weighted by atomic mass is 9.85. The zero-order chi connectivity index (χ0) is 25.3. The molecule has 3 aromatic carbocycles. The number of hydrogen-bond donors (Lipinski definition) is 1. The predicted molar refractivity (Wildman–Crippen MR) is 132 cm³/mol. The maximum Gasteiger partial charge on any atom is 0.303 e. The Kier molecular flexibility index (Phi) is 8.97. The number of aliphatic hydroxyl groups is 1. The minimum atomic E-state index is -1.62. The highest BCUT2D eigenvalue weighted by atomic mass is 16.6. The SMILES string of the molecule is CC(=O)O[C@H]1[C@H](OCc2ccccc2)[C@@H](OCc2ccccc2)[C@H](OCc2ccccc2)C(=O)[C@@H]1O. The van der Waals surface area contributed by atoms with Gasteiger partial charge in [-0.05, 0) is 16.7 Å². The van der Waals surface area contributed by atoms with E-state index in [4.69, 9.17) is 18.9 Å². The lowest BCUT2D eigenvalue weighted by Crippen LogP contribution is -2.64. The summed E-state index contributed by atoms with van der Waals surface area (Å²) in [7, 11) is 0. The van der Waals surface area contributed by atoms with Crippen LogP contribution in [-0.2, 0) is 48.4 Å². The van der Waals surface area contributed by atoms with Crippen LogP contribution in [0.15, 0.2) is 91.0 Å². The topological polar surface area (TPSA) is 91.3 Å². The number of carbonyl (C=O) groups is 2. The Labute approximate surface area is 210 Å². The van der Waals surface area contributed by atoms with Crippen molar-refractivity contribution in [1.29, 1.82) is 0 Å². The Balaban J connectivity index is 1.62. The second-order valence-corrected chi connectivity index (χ2v) is 8.66. The van der Waals surface area contributed by atoms with Gasteiger partial charge in [-0.2, -0.15) is 0 Å². The van der Waals surface area contributed by atoms with Gasteiger partial charge in [0, 0.05) is 6.92 Å². The van der Waals surface area contributed by atoms with E-state index in [1.165, 1.54) is 6.92 Å². The van der Waals surface area contributed by atoms with E-state index >= 15 is 0 Å². The fourth-order valence-electron chi connectivity index (χ4n) is 4.20. The quantitative estimate of drug-likeness (QED) is 0.434. The molecule has 188 valence electrons. The third kappa shape index (κ3) is 6.65. The summed E-state index contributed by atoms with van der Waals surface area (Å²) in [5.41, 5.74) is 2.64. The molecule has 1 saturated carbocycles. The molecule has 0 aliphatic heterocycles. The van der Waals surface area contributed by atoms with E-state index < -0.39 is 42.3 Å². The molecule has 1 aliphatic rings.